The number of carbonyl (C=O) groups excluding carboxylic acids is 1. The molecule has 1 aromatic heterocycles. The van der Waals surface area contributed by atoms with E-state index in [9.17, 15) is 4.79 Å². The topological polar surface area (TPSA) is 71.5 Å². The van der Waals surface area contributed by atoms with Crippen LogP contribution in [0, 0.1) is 0 Å². The number of nitrogens with two attached hydrogens (primary N) is 1. The third-order valence-electron chi connectivity index (χ3n) is 2.83. The highest BCUT2D eigenvalue weighted by atomic mass is 16.3. The Balaban J connectivity index is 2.59. The number of likely N-dealkylation sites (N-methyl/N-ethyl adjacent to an activating group) is 1. The monoisotopic (exact) mass is 239 g/mol. The number of hydrogen-bond donors (Lipinski definition) is 2. The number of carbonyl (C=O) groups is 1. The van der Waals surface area contributed by atoms with E-state index < -0.39 is 0 Å². The van der Waals surface area contributed by atoms with Crippen molar-refractivity contribution in [1.82, 2.24) is 10.2 Å². The van der Waals surface area contributed by atoms with Crippen molar-refractivity contribution in [3.8, 4) is 0 Å². The number of nitrogens with zero attached hydrogens (tertiary/aromatic N) is 1. The molecule has 1 rings (SSSR count). The second-order valence-corrected chi connectivity index (χ2v) is 3.91. The summed E-state index contributed by atoms with van der Waals surface area (Å²) in [4.78, 5) is 13.5. The number of rotatable bonds is 7. The Kier molecular flexibility index (Phi) is 5.72. The highest BCUT2D eigenvalue weighted by molar-refractivity contribution is 5.76. The fourth-order valence-corrected chi connectivity index (χ4v) is 1.78. The lowest BCUT2D eigenvalue weighted by molar-refractivity contribution is -0.121. The molecule has 1 atom stereocenters. The van der Waals surface area contributed by atoms with Gasteiger partial charge < -0.3 is 15.5 Å². The van der Waals surface area contributed by atoms with Crippen molar-refractivity contribution in [1.29, 1.82) is 0 Å². The largest absolute Gasteiger partial charge is 0.468 e. The van der Waals surface area contributed by atoms with Crippen molar-refractivity contribution in [2.75, 3.05) is 20.1 Å². The second-order valence-electron chi connectivity index (χ2n) is 3.91. The Morgan fingerprint density at radius 3 is 2.88 bits per heavy atom. The van der Waals surface area contributed by atoms with E-state index in [0.717, 1.165) is 12.3 Å². The average Bonchev–Trinajstić information content (AvgIpc) is 2.85. The van der Waals surface area contributed by atoms with Crippen LogP contribution in [-0.4, -0.2) is 37.0 Å². The third kappa shape index (κ3) is 4.20. The lowest BCUT2D eigenvalue weighted by Gasteiger charge is -2.28. The molecule has 1 heterocycles. The predicted molar refractivity (Wildman–Crippen MR) is 66.3 cm³/mol. The maximum Gasteiger partial charge on any atom is 0.221 e. The first kappa shape index (κ1) is 13.7. The highest BCUT2D eigenvalue weighted by Gasteiger charge is 2.19. The van der Waals surface area contributed by atoms with Crippen molar-refractivity contribution < 1.29 is 9.21 Å². The van der Waals surface area contributed by atoms with E-state index in [1.165, 1.54) is 0 Å². The van der Waals surface area contributed by atoms with Crippen LogP contribution in [0.15, 0.2) is 22.8 Å². The van der Waals surface area contributed by atoms with Gasteiger partial charge in [-0.15, -0.1) is 0 Å². The van der Waals surface area contributed by atoms with Crippen LogP contribution in [0.3, 0.4) is 0 Å². The molecule has 1 aromatic rings. The van der Waals surface area contributed by atoms with Crippen molar-refractivity contribution in [2.45, 2.75) is 25.9 Å². The Hall–Kier alpha value is -1.33. The van der Waals surface area contributed by atoms with Gasteiger partial charge in [-0.05, 0) is 18.7 Å². The summed E-state index contributed by atoms with van der Waals surface area (Å²) in [5.41, 5.74) is 5.73. The molecular formula is C12H21N3O2. The summed E-state index contributed by atoms with van der Waals surface area (Å²) >= 11 is 0. The molecule has 17 heavy (non-hydrogen) atoms. The SMILES string of the molecule is CCN(Cc1ccco1)C(CN)CC(=O)NC. The van der Waals surface area contributed by atoms with Crippen molar-refractivity contribution in [2.24, 2.45) is 5.73 Å². The molecule has 0 saturated carbocycles. The van der Waals surface area contributed by atoms with Crippen LogP contribution in [0.4, 0.5) is 0 Å². The van der Waals surface area contributed by atoms with Gasteiger partial charge in [0.1, 0.15) is 5.76 Å². The van der Waals surface area contributed by atoms with Gasteiger partial charge in [-0.1, -0.05) is 6.92 Å². The first-order chi connectivity index (χ1) is 8.21. The van der Waals surface area contributed by atoms with Gasteiger partial charge in [0.15, 0.2) is 0 Å². The molecule has 0 aliphatic heterocycles. The minimum atomic E-state index is 0.0124. The number of nitrogens with one attached hydrogen (secondary N) is 1. The molecule has 0 spiro atoms. The summed E-state index contributed by atoms with van der Waals surface area (Å²) in [5.74, 6) is 0.903. The standard InChI is InChI=1S/C12H21N3O2/c1-3-15(9-11-5-4-6-17-11)10(8-13)7-12(16)14-2/h4-6,10H,3,7-9,13H2,1-2H3,(H,14,16). The smallest absolute Gasteiger partial charge is 0.221 e. The average molecular weight is 239 g/mol. The third-order valence-corrected chi connectivity index (χ3v) is 2.83. The summed E-state index contributed by atoms with van der Waals surface area (Å²) in [7, 11) is 1.64. The highest BCUT2D eigenvalue weighted by Crippen LogP contribution is 2.10. The van der Waals surface area contributed by atoms with E-state index in [-0.39, 0.29) is 11.9 Å². The zero-order valence-corrected chi connectivity index (χ0v) is 10.5. The van der Waals surface area contributed by atoms with E-state index in [0.29, 0.717) is 19.5 Å². The lowest BCUT2D eigenvalue weighted by Crippen LogP contribution is -2.43. The van der Waals surface area contributed by atoms with Gasteiger partial charge >= 0.3 is 0 Å². The van der Waals surface area contributed by atoms with Crippen molar-refractivity contribution in [3.05, 3.63) is 24.2 Å². The van der Waals surface area contributed by atoms with Gasteiger partial charge in [0.05, 0.1) is 12.8 Å². The molecule has 5 heteroatoms. The summed E-state index contributed by atoms with van der Waals surface area (Å²) in [6, 6.07) is 3.83. The fourth-order valence-electron chi connectivity index (χ4n) is 1.78. The molecule has 0 saturated heterocycles. The van der Waals surface area contributed by atoms with Crippen LogP contribution in [-0.2, 0) is 11.3 Å². The molecule has 0 bridgehead atoms. The van der Waals surface area contributed by atoms with Crippen LogP contribution in [0.1, 0.15) is 19.1 Å². The summed E-state index contributed by atoms with van der Waals surface area (Å²) in [6.07, 6.45) is 2.07. The maximum atomic E-state index is 11.4. The minimum absolute atomic E-state index is 0.0124. The van der Waals surface area contributed by atoms with Gasteiger partial charge in [0.25, 0.3) is 0 Å². The number of hydrogen-bond acceptors (Lipinski definition) is 4. The summed E-state index contributed by atoms with van der Waals surface area (Å²) in [6.45, 7) is 4.03. The Labute approximate surface area is 102 Å². The van der Waals surface area contributed by atoms with Gasteiger partial charge in [-0.3, -0.25) is 9.69 Å². The normalized spacial score (nSPS) is 12.7. The molecular weight excluding hydrogens is 218 g/mol. The van der Waals surface area contributed by atoms with Crippen molar-refractivity contribution in [3.63, 3.8) is 0 Å². The molecule has 1 amide bonds. The lowest BCUT2D eigenvalue weighted by atomic mass is 10.1. The van der Waals surface area contributed by atoms with E-state index in [1.807, 2.05) is 12.1 Å². The zero-order valence-electron chi connectivity index (χ0n) is 10.5. The van der Waals surface area contributed by atoms with Gasteiger partial charge in [-0.25, -0.2) is 0 Å². The van der Waals surface area contributed by atoms with Crippen LogP contribution in [0.5, 0.6) is 0 Å². The van der Waals surface area contributed by atoms with E-state index in [1.54, 1.807) is 13.3 Å². The molecule has 0 radical (unpaired) electrons. The Morgan fingerprint density at radius 1 is 1.65 bits per heavy atom. The van der Waals surface area contributed by atoms with Crippen LogP contribution in [0.2, 0.25) is 0 Å². The molecule has 96 valence electrons. The molecule has 0 aliphatic rings. The minimum Gasteiger partial charge on any atom is -0.468 e. The van der Waals surface area contributed by atoms with Crippen molar-refractivity contribution >= 4 is 5.91 Å². The fraction of sp³-hybridized carbons (Fsp3) is 0.583. The van der Waals surface area contributed by atoms with Gasteiger partial charge in [-0.2, -0.15) is 0 Å². The molecule has 3 N–H and O–H groups in total. The second kappa shape index (κ2) is 7.09. The maximum absolute atomic E-state index is 11.4. The molecule has 1 unspecified atom stereocenters. The molecule has 0 fully saturated rings. The first-order valence-electron chi connectivity index (χ1n) is 5.88. The van der Waals surface area contributed by atoms with E-state index in [4.69, 9.17) is 10.2 Å². The van der Waals surface area contributed by atoms with E-state index >= 15 is 0 Å². The van der Waals surface area contributed by atoms with Gasteiger partial charge in [0, 0.05) is 26.1 Å². The van der Waals surface area contributed by atoms with Crippen LogP contribution in [0.25, 0.3) is 0 Å². The summed E-state index contributed by atoms with van der Waals surface area (Å²) < 4.78 is 5.31. The number of furan rings is 1. The Morgan fingerprint density at radius 2 is 2.41 bits per heavy atom. The molecule has 5 nitrogen and oxygen atoms in total. The predicted octanol–water partition coefficient (Wildman–Crippen LogP) is 0.565. The zero-order chi connectivity index (χ0) is 12.7. The quantitative estimate of drug-likeness (QED) is 0.729. The van der Waals surface area contributed by atoms with Crippen LogP contribution >= 0.6 is 0 Å². The molecule has 0 aliphatic carbocycles. The van der Waals surface area contributed by atoms with E-state index in [2.05, 4.69) is 17.1 Å². The first-order valence-corrected chi connectivity index (χ1v) is 5.88. The Bertz CT molecular complexity index is 325. The number of amides is 1. The molecule has 0 aromatic carbocycles. The summed E-state index contributed by atoms with van der Waals surface area (Å²) in [5, 5.41) is 2.62. The van der Waals surface area contributed by atoms with Gasteiger partial charge in [0.2, 0.25) is 5.91 Å². The van der Waals surface area contributed by atoms with Crippen LogP contribution < -0.4 is 11.1 Å².